The van der Waals surface area contributed by atoms with E-state index in [4.69, 9.17) is 19.9 Å². The van der Waals surface area contributed by atoms with Crippen LogP contribution in [0.15, 0.2) is 48.5 Å². The maximum absolute atomic E-state index is 11.6. The Morgan fingerprint density at radius 3 is 2.72 bits per heavy atom. The van der Waals surface area contributed by atoms with Gasteiger partial charge in [0.25, 0.3) is 0 Å². The van der Waals surface area contributed by atoms with Gasteiger partial charge in [-0.3, -0.25) is 0 Å². The lowest BCUT2D eigenvalue weighted by atomic mass is 9.97. The van der Waals surface area contributed by atoms with Crippen LogP contribution in [0.2, 0.25) is 0 Å². The quantitative estimate of drug-likeness (QED) is 0.345. The van der Waals surface area contributed by atoms with Crippen LogP contribution in [0.4, 0.5) is 5.69 Å². The second-order valence-corrected chi connectivity index (χ2v) is 6.08. The summed E-state index contributed by atoms with van der Waals surface area (Å²) in [6.45, 7) is 0.680. The number of unbranched alkanes of at least 4 members (excludes halogenated alkanes) is 1. The summed E-state index contributed by atoms with van der Waals surface area (Å²) in [5, 5.41) is 0. The van der Waals surface area contributed by atoms with E-state index in [1.807, 2.05) is 48.5 Å². The smallest absolute Gasteiger partial charge is 0.338 e. The number of benzene rings is 2. The minimum Gasteiger partial charge on any atom is -0.494 e. The van der Waals surface area contributed by atoms with E-state index in [1.165, 1.54) is 7.11 Å². The van der Waals surface area contributed by atoms with Gasteiger partial charge < -0.3 is 19.9 Å². The fourth-order valence-electron chi connectivity index (χ4n) is 2.87. The number of carbonyl (C=O) groups is 1. The molecule has 2 aromatic carbocycles. The fraction of sp³-hybridized carbons (Fsp3) is 0.350. The van der Waals surface area contributed by atoms with Gasteiger partial charge in [-0.15, -0.1) is 0 Å². The molecule has 1 aliphatic heterocycles. The average molecular weight is 341 g/mol. The summed E-state index contributed by atoms with van der Waals surface area (Å²) in [4.78, 5) is 11.6. The van der Waals surface area contributed by atoms with Gasteiger partial charge in [-0.25, -0.2) is 4.79 Å². The molecule has 0 saturated carbocycles. The molecule has 25 heavy (non-hydrogen) atoms. The Hall–Kier alpha value is -2.53. The van der Waals surface area contributed by atoms with E-state index in [9.17, 15) is 4.79 Å². The molecule has 0 aliphatic carbocycles. The molecule has 2 aromatic rings. The molecule has 0 bridgehead atoms. The molecule has 1 heterocycles. The number of carbonyl (C=O) groups excluding carboxylic acids is 1. The first-order chi connectivity index (χ1) is 12.2. The highest BCUT2D eigenvalue weighted by molar-refractivity contribution is 5.78. The fourth-order valence-corrected chi connectivity index (χ4v) is 2.87. The summed E-state index contributed by atoms with van der Waals surface area (Å²) in [5.74, 6) is 0.553. The van der Waals surface area contributed by atoms with Crippen molar-refractivity contribution in [2.75, 3.05) is 19.5 Å². The Morgan fingerprint density at radius 2 is 1.96 bits per heavy atom. The van der Waals surface area contributed by atoms with Crippen molar-refractivity contribution < 1.29 is 19.0 Å². The molecular weight excluding hydrogens is 318 g/mol. The zero-order valence-electron chi connectivity index (χ0n) is 14.3. The van der Waals surface area contributed by atoms with Gasteiger partial charge in [0.2, 0.25) is 0 Å². The standard InChI is InChI=1S/C20H23NO4/c1-23-20(22)19-18(25-19)17-13-15(21)11-10-14(17)7-5-6-12-24-16-8-3-2-4-9-16/h2-4,8-11,13,18-19H,5-7,12,21H2,1H3/t18-,19+/m0/s1. The monoisotopic (exact) mass is 341 g/mol. The van der Waals surface area contributed by atoms with Crippen LogP contribution in [0.5, 0.6) is 5.75 Å². The van der Waals surface area contributed by atoms with Crippen LogP contribution < -0.4 is 10.5 Å². The van der Waals surface area contributed by atoms with Crippen molar-refractivity contribution >= 4 is 11.7 Å². The van der Waals surface area contributed by atoms with Crippen molar-refractivity contribution in [1.82, 2.24) is 0 Å². The summed E-state index contributed by atoms with van der Waals surface area (Å²) in [6, 6.07) is 15.6. The average Bonchev–Trinajstić information content (AvgIpc) is 3.43. The predicted octanol–water partition coefficient (Wildman–Crippen LogP) is 3.28. The lowest BCUT2D eigenvalue weighted by Crippen LogP contribution is -2.10. The van der Waals surface area contributed by atoms with Crippen molar-refractivity contribution in [2.45, 2.75) is 31.5 Å². The van der Waals surface area contributed by atoms with Crippen LogP contribution in [0.3, 0.4) is 0 Å². The normalized spacial score (nSPS) is 18.6. The molecule has 1 aliphatic rings. The number of hydrogen-bond acceptors (Lipinski definition) is 5. The molecule has 5 nitrogen and oxygen atoms in total. The number of methoxy groups -OCH3 is 1. The van der Waals surface area contributed by atoms with Crippen LogP contribution in [0.25, 0.3) is 0 Å². The number of nitrogen functional groups attached to an aromatic ring is 1. The van der Waals surface area contributed by atoms with E-state index in [1.54, 1.807) is 0 Å². The van der Waals surface area contributed by atoms with Gasteiger partial charge in [0.1, 0.15) is 11.9 Å². The molecule has 2 N–H and O–H groups in total. The number of esters is 1. The maximum atomic E-state index is 11.6. The van der Waals surface area contributed by atoms with E-state index < -0.39 is 6.10 Å². The number of epoxide rings is 1. The maximum Gasteiger partial charge on any atom is 0.338 e. The minimum absolute atomic E-state index is 0.244. The molecule has 0 radical (unpaired) electrons. The van der Waals surface area contributed by atoms with Gasteiger partial charge >= 0.3 is 5.97 Å². The molecule has 0 amide bonds. The van der Waals surface area contributed by atoms with Crippen molar-refractivity contribution in [2.24, 2.45) is 0 Å². The number of ether oxygens (including phenoxy) is 3. The number of para-hydroxylation sites is 1. The Labute approximate surface area is 147 Å². The van der Waals surface area contributed by atoms with Crippen LogP contribution in [0.1, 0.15) is 30.1 Å². The predicted molar refractivity (Wildman–Crippen MR) is 95.4 cm³/mol. The molecule has 0 aromatic heterocycles. The van der Waals surface area contributed by atoms with Gasteiger partial charge in [0.15, 0.2) is 6.10 Å². The molecule has 1 fully saturated rings. The van der Waals surface area contributed by atoms with E-state index in [2.05, 4.69) is 0 Å². The van der Waals surface area contributed by atoms with Gasteiger partial charge in [0.05, 0.1) is 13.7 Å². The first kappa shape index (κ1) is 17.3. The summed E-state index contributed by atoms with van der Waals surface area (Å²) < 4.78 is 15.9. The van der Waals surface area contributed by atoms with Crippen LogP contribution in [-0.4, -0.2) is 25.8 Å². The largest absolute Gasteiger partial charge is 0.494 e. The molecule has 2 atom stereocenters. The first-order valence-corrected chi connectivity index (χ1v) is 8.48. The Kier molecular flexibility index (Phi) is 5.56. The number of rotatable bonds is 8. The molecule has 1 saturated heterocycles. The van der Waals surface area contributed by atoms with Crippen molar-refractivity contribution in [1.29, 1.82) is 0 Å². The number of nitrogens with two attached hydrogens (primary N) is 1. The van der Waals surface area contributed by atoms with Gasteiger partial charge in [-0.1, -0.05) is 24.3 Å². The third-order valence-electron chi connectivity index (χ3n) is 4.25. The highest BCUT2D eigenvalue weighted by atomic mass is 16.6. The van der Waals surface area contributed by atoms with E-state index in [0.717, 1.165) is 36.1 Å². The SMILES string of the molecule is COC(=O)[C@@H]1O[C@H]1c1cc(N)ccc1CCCCOc1ccccc1. The van der Waals surface area contributed by atoms with Crippen LogP contribution in [0, 0.1) is 0 Å². The Bertz CT molecular complexity index is 717. The second-order valence-electron chi connectivity index (χ2n) is 6.08. The van der Waals surface area contributed by atoms with Gasteiger partial charge in [-0.05, 0) is 54.7 Å². The summed E-state index contributed by atoms with van der Waals surface area (Å²) >= 11 is 0. The lowest BCUT2D eigenvalue weighted by molar-refractivity contribution is -0.142. The van der Waals surface area contributed by atoms with Gasteiger partial charge in [0, 0.05) is 5.69 Å². The van der Waals surface area contributed by atoms with E-state index in [0.29, 0.717) is 12.3 Å². The second kappa shape index (κ2) is 8.03. The topological polar surface area (TPSA) is 74.1 Å². The summed E-state index contributed by atoms with van der Waals surface area (Å²) in [7, 11) is 1.37. The number of anilines is 1. The van der Waals surface area contributed by atoms with Crippen LogP contribution in [-0.2, 0) is 20.7 Å². The highest BCUT2D eigenvalue weighted by Crippen LogP contribution is 2.42. The Balaban J connectivity index is 1.51. The molecule has 0 unspecified atom stereocenters. The lowest BCUT2D eigenvalue weighted by Gasteiger charge is -2.10. The van der Waals surface area contributed by atoms with Crippen molar-refractivity contribution in [3.63, 3.8) is 0 Å². The molecule has 132 valence electrons. The minimum atomic E-state index is -0.507. The molecular formula is C20H23NO4. The Morgan fingerprint density at radius 1 is 1.16 bits per heavy atom. The first-order valence-electron chi connectivity index (χ1n) is 8.48. The molecule has 0 spiro atoms. The third kappa shape index (κ3) is 4.51. The number of hydrogen-bond donors (Lipinski definition) is 1. The van der Waals surface area contributed by atoms with Gasteiger partial charge in [-0.2, -0.15) is 0 Å². The van der Waals surface area contributed by atoms with Crippen molar-refractivity contribution in [3.05, 3.63) is 59.7 Å². The zero-order valence-corrected chi connectivity index (χ0v) is 14.3. The van der Waals surface area contributed by atoms with E-state index >= 15 is 0 Å². The van der Waals surface area contributed by atoms with E-state index in [-0.39, 0.29) is 12.1 Å². The summed E-state index contributed by atoms with van der Waals surface area (Å²) in [5.41, 5.74) is 8.71. The highest BCUT2D eigenvalue weighted by Gasteiger charge is 2.48. The molecule has 5 heteroatoms. The number of aryl methyl sites for hydroxylation is 1. The molecule has 3 rings (SSSR count). The van der Waals surface area contributed by atoms with Crippen LogP contribution >= 0.6 is 0 Å². The van der Waals surface area contributed by atoms with Crippen molar-refractivity contribution in [3.8, 4) is 5.75 Å². The summed E-state index contributed by atoms with van der Waals surface area (Å²) in [6.07, 6.45) is 2.07. The third-order valence-corrected chi connectivity index (χ3v) is 4.25. The zero-order chi connectivity index (χ0) is 17.6.